The topological polar surface area (TPSA) is 54.9 Å². The minimum Gasteiger partial charge on any atom is -0.483 e. The number of ether oxygens (including phenoxy) is 1. The Morgan fingerprint density at radius 2 is 1.55 bits per heavy atom. The van der Waals surface area contributed by atoms with Gasteiger partial charge >= 0.3 is 0 Å². The van der Waals surface area contributed by atoms with Gasteiger partial charge in [-0.1, -0.05) is 30.3 Å². The van der Waals surface area contributed by atoms with Crippen LogP contribution in [-0.2, 0) is 11.3 Å². The van der Waals surface area contributed by atoms with Crippen molar-refractivity contribution in [2.75, 3.05) is 11.9 Å². The number of amides is 1. The van der Waals surface area contributed by atoms with E-state index in [-0.39, 0.29) is 12.5 Å². The number of nitrogens with two attached hydrogens (primary N) is 1. The molecule has 4 aliphatic rings. The lowest BCUT2D eigenvalue weighted by Gasteiger charge is -2.54. The molecule has 4 bridgehead atoms. The summed E-state index contributed by atoms with van der Waals surface area (Å²) in [4.78, 5) is 12.2. The number of rotatable bonds is 7. The Hall–Kier alpha value is -2.33. The van der Waals surface area contributed by atoms with Gasteiger partial charge in [0.1, 0.15) is 12.3 Å². The summed E-state index contributed by atoms with van der Waals surface area (Å²) in [5, 5.41) is 5.48. The van der Waals surface area contributed by atoms with Crippen LogP contribution in [-0.4, -0.2) is 18.1 Å². The minimum absolute atomic E-state index is 0.0310. The van der Waals surface area contributed by atoms with Crippen LogP contribution in [0.5, 0.6) is 5.75 Å². The molecule has 4 saturated carbocycles. The second-order valence-corrected chi connectivity index (χ2v) is 9.50. The summed E-state index contributed by atoms with van der Waals surface area (Å²) in [6.45, 7) is 0.964. The maximum absolute atomic E-state index is 12.2. The molecule has 2 aromatic rings. The summed E-state index contributed by atoms with van der Waals surface area (Å²) in [5.41, 5.74) is 2.44. The van der Waals surface area contributed by atoms with E-state index in [4.69, 9.17) is 4.74 Å². The smallest absolute Gasteiger partial charge is 0.262 e. The first-order valence-electron chi connectivity index (χ1n) is 11.1. The zero-order valence-corrected chi connectivity index (χ0v) is 17.0. The van der Waals surface area contributed by atoms with Crippen molar-refractivity contribution in [1.82, 2.24) is 0 Å². The molecule has 0 aliphatic heterocycles. The Labute approximate surface area is 173 Å². The zero-order chi connectivity index (χ0) is 19.7. The number of para-hydroxylation sites is 2. The van der Waals surface area contributed by atoms with Crippen LogP contribution in [0.3, 0.4) is 0 Å². The van der Waals surface area contributed by atoms with Crippen LogP contribution in [0.25, 0.3) is 0 Å². The molecule has 152 valence electrons. The SMILES string of the molecule is O=C(COc1ccccc1C[NH2+]C12CC3CC(CC(C3)C1)C2)Nc1ccccc1. The second-order valence-electron chi connectivity index (χ2n) is 9.50. The van der Waals surface area contributed by atoms with Gasteiger partial charge in [-0.2, -0.15) is 0 Å². The van der Waals surface area contributed by atoms with Gasteiger partial charge in [0.05, 0.1) is 5.54 Å². The summed E-state index contributed by atoms with van der Waals surface area (Å²) in [6.07, 6.45) is 8.60. The van der Waals surface area contributed by atoms with E-state index in [9.17, 15) is 4.79 Å². The highest BCUT2D eigenvalue weighted by molar-refractivity contribution is 5.91. The number of anilines is 1. The van der Waals surface area contributed by atoms with Crippen molar-refractivity contribution >= 4 is 11.6 Å². The third-order valence-electron chi connectivity index (χ3n) is 7.23. The molecule has 0 atom stereocenters. The summed E-state index contributed by atoms with van der Waals surface area (Å²) in [7, 11) is 0. The maximum Gasteiger partial charge on any atom is 0.262 e. The third-order valence-corrected chi connectivity index (χ3v) is 7.23. The number of carbonyl (C=O) groups is 1. The van der Waals surface area contributed by atoms with Gasteiger partial charge in [-0.15, -0.1) is 0 Å². The van der Waals surface area contributed by atoms with Crippen LogP contribution in [0.15, 0.2) is 54.6 Å². The molecule has 4 aliphatic carbocycles. The standard InChI is InChI=1S/C25H30N2O2/c28-24(27-22-7-2-1-3-8-22)17-29-23-9-5-4-6-21(23)16-26-25-13-18-10-19(14-25)12-20(11-18)15-25/h1-9,18-20,26H,10-17H2,(H,27,28)/p+1. The van der Waals surface area contributed by atoms with E-state index in [2.05, 4.69) is 22.8 Å². The highest BCUT2D eigenvalue weighted by Crippen LogP contribution is 2.54. The van der Waals surface area contributed by atoms with Crippen LogP contribution in [0.2, 0.25) is 0 Å². The molecule has 0 aromatic heterocycles. The van der Waals surface area contributed by atoms with E-state index in [0.29, 0.717) is 5.54 Å². The average molecular weight is 392 g/mol. The molecule has 0 saturated heterocycles. The molecular weight excluding hydrogens is 360 g/mol. The largest absolute Gasteiger partial charge is 0.483 e. The molecular formula is C25H31N2O2+. The fourth-order valence-corrected chi connectivity index (χ4v) is 6.43. The molecule has 4 heteroatoms. The number of quaternary nitrogens is 1. The monoisotopic (exact) mass is 391 g/mol. The van der Waals surface area contributed by atoms with Crippen molar-refractivity contribution in [2.24, 2.45) is 17.8 Å². The van der Waals surface area contributed by atoms with Gasteiger partial charge in [0, 0.05) is 30.5 Å². The van der Waals surface area contributed by atoms with E-state index >= 15 is 0 Å². The van der Waals surface area contributed by atoms with Gasteiger partial charge in [-0.3, -0.25) is 4.79 Å². The van der Waals surface area contributed by atoms with Crippen molar-refractivity contribution in [1.29, 1.82) is 0 Å². The first-order valence-corrected chi connectivity index (χ1v) is 11.1. The highest BCUT2D eigenvalue weighted by atomic mass is 16.5. The number of carbonyl (C=O) groups excluding carboxylic acids is 1. The summed E-state index contributed by atoms with van der Waals surface area (Å²) in [6, 6.07) is 17.7. The van der Waals surface area contributed by atoms with Gasteiger partial charge < -0.3 is 15.4 Å². The lowest BCUT2D eigenvalue weighted by atomic mass is 9.53. The van der Waals surface area contributed by atoms with Gasteiger partial charge in [0.15, 0.2) is 6.61 Å². The third kappa shape index (κ3) is 4.18. The highest BCUT2D eigenvalue weighted by Gasteiger charge is 2.53. The first-order chi connectivity index (χ1) is 14.2. The number of benzene rings is 2. The summed E-state index contributed by atoms with van der Waals surface area (Å²) < 4.78 is 5.91. The van der Waals surface area contributed by atoms with Crippen molar-refractivity contribution in [3.8, 4) is 5.75 Å². The Bertz CT molecular complexity index is 829. The Kier molecular flexibility index (Phi) is 5.04. The van der Waals surface area contributed by atoms with Crippen molar-refractivity contribution in [3.05, 3.63) is 60.2 Å². The first kappa shape index (κ1) is 18.7. The van der Waals surface area contributed by atoms with Crippen LogP contribution in [0.1, 0.15) is 44.1 Å². The molecule has 6 rings (SSSR count). The van der Waals surface area contributed by atoms with Crippen molar-refractivity contribution in [3.63, 3.8) is 0 Å². The van der Waals surface area contributed by atoms with E-state index in [0.717, 1.165) is 35.7 Å². The molecule has 29 heavy (non-hydrogen) atoms. The van der Waals surface area contributed by atoms with Crippen molar-refractivity contribution < 1.29 is 14.8 Å². The van der Waals surface area contributed by atoms with Gasteiger partial charge in [-0.25, -0.2) is 0 Å². The predicted molar refractivity (Wildman–Crippen MR) is 114 cm³/mol. The molecule has 1 amide bonds. The lowest BCUT2D eigenvalue weighted by molar-refractivity contribution is -0.752. The minimum atomic E-state index is -0.129. The quantitative estimate of drug-likeness (QED) is 0.756. The van der Waals surface area contributed by atoms with Crippen molar-refractivity contribution in [2.45, 2.75) is 50.6 Å². The predicted octanol–water partition coefficient (Wildman–Crippen LogP) is 3.74. The summed E-state index contributed by atoms with van der Waals surface area (Å²) in [5.74, 6) is 3.59. The Morgan fingerprint density at radius 3 is 2.24 bits per heavy atom. The van der Waals surface area contributed by atoms with Gasteiger partial charge in [0.2, 0.25) is 0 Å². The van der Waals surface area contributed by atoms with Crippen LogP contribution in [0.4, 0.5) is 5.69 Å². The van der Waals surface area contributed by atoms with E-state index in [1.807, 2.05) is 42.5 Å². The number of hydrogen-bond donors (Lipinski definition) is 2. The van der Waals surface area contributed by atoms with Crippen LogP contribution >= 0.6 is 0 Å². The van der Waals surface area contributed by atoms with Gasteiger partial charge in [0.25, 0.3) is 5.91 Å². The fourth-order valence-electron chi connectivity index (χ4n) is 6.43. The van der Waals surface area contributed by atoms with Crippen LogP contribution < -0.4 is 15.4 Å². The Morgan fingerprint density at radius 1 is 0.931 bits per heavy atom. The fraction of sp³-hybridized carbons (Fsp3) is 0.480. The lowest BCUT2D eigenvalue weighted by Crippen LogP contribution is -2.97. The number of hydrogen-bond acceptors (Lipinski definition) is 2. The molecule has 3 N–H and O–H groups in total. The molecule has 4 fully saturated rings. The molecule has 0 unspecified atom stereocenters. The second kappa shape index (κ2) is 7.83. The van der Waals surface area contributed by atoms with E-state index in [1.54, 1.807) is 0 Å². The van der Waals surface area contributed by atoms with Crippen LogP contribution in [0, 0.1) is 17.8 Å². The van der Waals surface area contributed by atoms with E-state index in [1.165, 1.54) is 44.1 Å². The molecule has 4 nitrogen and oxygen atoms in total. The van der Waals surface area contributed by atoms with Gasteiger partial charge in [-0.05, 0) is 61.3 Å². The maximum atomic E-state index is 12.2. The molecule has 0 spiro atoms. The van der Waals surface area contributed by atoms with E-state index < -0.39 is 0 Å². The molecule has 2 aromatic carbocycles. The molecule has 0 radical (unpaired) electrons. The summed E-state index contributed by atoms with van der Waals surface area (Å²) >= 11 is 0. The zero-order valence-electron chi connectivity index (χ0n) is 17.0. The normalized spacial score (nSPS) is 29.6. The number of nitrogens with one attached hydrogen (secondary N) is 1. The average Bonchev–Trinajstić information content (AvgIpc) is 2.71. The Balaban J connectivity index is 1.19. The molecule has 0 heterocycles.